The molecule has 6 heteroatoms. The van der Waals surface area contributed by atoms with E-state index in [4.69, 9.17) is 15.2 Å². The van der Waals surface area contributed by atoms with Gasteiger partial charge in [0.2, 0.25) is 0 Å². The lowest BCUT2D eigenvalue weighted by atomic mass is 9.84. The van der Waals surface area contributed by atoms with Crippen molar-refractivity contribution in [3.63, 3.8) is 0 Å². The number of aliphatic hydroxyl groups is 1. The maximum absolute atomic E-state index is 12.1. The number of hydrogen-bond donors (Lipinski definition) is 2. The van der Waals surface area contributed by atoms with Crippen molar-refractivity contribution >= 4 is 11.8 Å². The van der Waals surface area contributed by atoms with Crippen LogP contribution in [0.15, 0.2) is 18.2 Å². The summed E-state index contributed by atoms with van der Waals surface area (Å²) in [5.41, 5.74) is 5.60. The minimum Gasteiger partial charge on any atom is -0.495 e. The fourth-order valence-electron chi connectivity index (χ4n) is 2.67. The van der Waals surface area contributed by atoms with E-state index >= 15 is 0 Å². The zero-order valence-electron chi connectivity index (χ0n) is 14.3. The van der Waals surface area contributed by atoms with E-state index in [0.717, 1.165) is 5.56 Å². The number of methoxy groups -OCH3 is 1. The van der Waals surface area contributed by atoms with Crippen LogP contribution >= 0.6 is 0 Å². The van der Waals surface area contributed by atoms with Gasteiger partial charge in [-0.2, -0.15) is 0 Å². The van der Waals surface area contributed by atoms with Crippen molar-refractivity contribution in [2.24, 2.45) is 0 Å². The Balaban J connectivity index is 2.06. The van der Waals surface area contributed by atoms with E-state index in [9.17, 15) is 9.90 Å². The predicted octanol–water partition coefficient (Wildman–Crippen LogP) is 2.50. The summed E-state index contributed by atoms with van der Waals surface area (Å²) in [4.78, 5) is 13.7. The number of hydrogen-bond acceptors (Lipinski definition) is 5. The average Bonchev–Trinajstić information content (AvgIpc) is 2.46. The summed E-state index contributed by atoms with van der Waals surface area (Å²) in [6, 6.07) is 5.30. The van der Waals surface area contributed by atoms with Gasteiger partial charge in [0.1, 0.15) is 11.4 Å². The van der Waals surface area contributed by atoms with Gasteiger partial charge in [-0.05, 0) is 51.3 Å². The van der Waals surface area contributed by atoms with Crippen LogP contribution in [0.5, 0.6) is 5.75 Å². The number of ether oxygens (including phenoxy) is 2. The fourth-order valence-corrected chi connectivity index (χ4v) is 2.67. The third-order valence-corrected chi connectivity index (χ3v) is 4.01. The third kappa shape index (κ3) is 4.07. The summed E-state index contributed by atoms with van der Waals surface area (Å²) in [7, 11) is 1.55. The van der Waals surface area contributed by atoms with Gasteiger partial charge in [-0.15, -0.1) is 0 Å². The zero-order chi connectivity index (χ0) is 17.3. The Bertz CT molecular complexity index is 572. The highest BCUT2D eigenvalue weighted by Crippen LogP contribution is 2.36. The predicted molar refractivity (Wildman–Crippen MR) is 88.3 cm³/mol. The van der Waals surface area contributed by atoms with Crippen LogP contribution in [0.3, 0.4) is 0 Å². The molecule has 1 fully saturated rings. The summed E-state index contributed by atoms with van der Waals surface area (Å²) in [6.45, 7) is 6.40. The SMILES string of the molecule is COc1cc(C2(O)CCN(C(=O)OC(C)(C)C)CC2)ccc1N. The van der Waals surface area contributed by atoms with Crippen molar-refractivity contribution in [1.82, 2.24) is 4.90 Å². The van der Waals surface area contributed by atoms with E-state index < -0.39 is 11.2 Å². The Labute approximate surface area is 137 Å². The van der Waals surface area contributed by atoms with E-state index in [1.54, 1.807) is 30.2 Å². The van der Waals surface area contributed by atoms with Gasteiger partial charge in [0.05, 0.1) is 18.4 Å². The molecule has 1 aliphatic heterocycles. The highest BCUT2D eigenvalue weighted by atomic mass is 16.6. The van der Waals surface area contributed by atoms with E-state index in [1.165, 1.54) is 0 Å². The van der Waals surface area contributed by atoms with Crippen LogP contribution < -0.4 is 10.5 Å². The molecular formula is C17H26N2O4. The first kappa shape index (κ1) is 17.4. The summed E-state index contributed by atoms with van der Waals surface area (Å²) >= 11 is 0. The summed E-state index contributed by atoms with van der Waals surface area (Å²) in [5, 5.41) is 10.9. The quantitative estimate of drug-likeness (QED) is 0.817. The molecule has 0 aromatic heterocycles. The number of nitrogen functional groups attached to an aromatic ring is 1. The number of amides is 1. The largest absolute Gasteiger partial charge is 0.495 e. The first-order valence-electron chi connectivity index (χ1n) is 7.79. The van der Waals surface area contributed by atoms with Gasteiger partial charge >= 0.3 is 6.09 Å². The molecule has 1 saturated heterocycles. The molecule has 2 rings (SSSR count). The minimum atomic E-state index is -0.987. The van der Waals surface area contributed by atoms with E-state index in [1.807, 2.05) is 20.8 Å². The van der Waals surface area contributed by atoms with Gasteiger partial charge < -0.3 is 25.2 Å². The second-order valence-electron chi connectivity index (χ2n) is 6.96. The van der Waals surface area contributed by atoms with Gasteiger partial charge in [-0.25, -0.2) is 4.79 Å². The van der Waals surface area contributed by atoms with Gasteiger partial charge in [0, 0.05) is 13.1 Å². The number of nitrogens with two attached hydrogens (primary N) is 1. The maximum atomic E-state index is 12.1. The number of anilines is 1. The molecule has 0 bridgehead atoms. The molecule has 23 heavy (non-hydrogen) atoms. The zero-order valence-corrected chi connectivity index (χ0v) is 14.3. The molecule has 1 amide bonds. The molecule has 0 spiro atoms. The van der Waals surface area contributed by atoms with Crippen LogP contribution in [0.2, 0.25) is 0 Å². The van der Waals surface area contributed by atoms with Crippen LogP contribution in [0.4, 0.5) is 10.5 Å². The van der Waals surface area contributed by atoms with Crippen LogP contribution in [0.25, 0.3) is 0 Å². The monoisotopic (exact) mass is 322 g/mol. The lowest BCUT2D eigenvalue weighted by Gasteiger charge is -2.39. The van der Waals surface area contributed by atoms with Crippen molar-refractivity contribution in [2.45, 2.75) is 44.8 Å². The second kappa shape index (κ2) is 6.28. The maximum Gasteiger partial charge on any atom is 0.410 e. The van der Waals surface area contributed by atoms with Crippen LogP contribution in [-0.2, 0) is 10.3 Å². The lowest BCUT2D eigenvalue weighted by molar-refractivity contribution is -0.0357. The first-order valence-corrected chi connectivity index (χ1v) is 7.79. The molecule has 128 valence electrons. The molecule has 1 aliphatic rings. The molecule has 0 radical (unpaired) electrons. The number of likely N-dealkylation sites (tertiary alicyclic amines) is 1. The molecule has 0 saturated carbocycles. The van der Waals surface area contributed by atoms with Crippen LogP contribution in [0.1, 0.15) is 39.2 Å². The Morgan fingerprint density at radius 2 is 1.91 bits per heavy atom. The second-order valence-corrected chi connectivity index (χ2v) is 6.96. The fraction of sp³-hybridized carbons (Fsp3) is 0.588. The number of carbonyl (C=O) groups excluding carboxylic acids is 1. The molecule has 1 aromatic carbocycles. The number of benzene rings is 1. The van der Waals surface area contributed by atoms with Crippen molar-refractivity contribution in [1.29, 1.82) is 0 Å². The molecule has 0 aliphatic carbocycles. The van der Waals surface area contributed by atoms with Crippen molar-refractivity contribution < 1.29 is 19.4 Å². The topological polar surface area (TPSA) is 85.0 Å². The summed E-state index contributed by atoms with van der Waals surface area (Å²) in [5.74, 6) is 0.547. The van der Waals surface area contributed by atoms with E-state index in [-0.39, 0.29) is 6.09 Å². The normalized spacial score (nSPS) is 17.7. The average molecular weight is 322 g/mol. The van der Waals surface area contributed by atoms with Crippen molar-refractivity contribution in [2.75, 3.05) is 25.9 Å². The highest BCUT2D eigenvalue weighted by Gasteiger charge is 2.37. The molecule has 0 unspecified atom stereocenters. The lowest BCUT2D eigenvalue weighted by Crippen LogP contribution is -2.46. The standard InChI is InChI=1S/C17H26N2O4/c1-16(2,3)23-15(20)19-9-7-17(21,8-10-19)12-5-6-13(18)14(11-12)22-4/h5-6,11,21H,7-10,18H2,1-4H3. The highest BCUT2D eigenvalue weighted by molar-refractivity contribution is 5.68. The van der Waals surface area contributed by atoms with Gasteiger partial charge in [0.25, 0.3) is 0 Å². The summed E-state index contributed by atoms with van der Waals surface area (Å²) < 4.78 is 10.6. The Kier molecular flexibility index (Phi) is 4.75. The third-order valence-electron chi connectivity index (χ3n) is 4.01. The first-order chi connectivity index (χ1) is 10.6. The molecule has 6 nitrogen and oxygen atoms in total. The van der Waals surface area contributed by atoms with E-state index in [0.29, 0.717) is 37.4 Å². The molecule has 1 aromatic rings. The summed E-state index contributed by atoms with van der Waals surface area (Å²) in [6.07, 6.45) is 0.549. The Morgan fingerprint density at radius 3 is 2.43 bits per heavy atom. The van der Waals surface area contributed by atoms with Crippen LogP contribution in [-0.4, -0.2) is 41.9 Å². The number of piperidine rings is 1. The number of carbonyl (C=O) groups is 1. The van der Waals surface area contributed by atoms with Gasteiger partial charge in [-0.3, -0.25) is 0 Å². The molecular weight excluding hydrogens is 296 g/mol. The Morgan fingerprint density at radius 1 is 1.30 bits per heavy atom. The molecule has 0 atom stereocenters. The Hall–Kier alpha value is -1.95. The molecule has 1 heterocycles. The number of nitrogens with zero attached hydrogens (tertiary/aromatic N) is 1. The molecule has 3 N–H and O–H groups in total. The van der Waals surface area contributed by atoms with E-state index in [2.05, 4.69) is 0 Å². The van der Waals surface area contributed by atoms with Crippen molar-refractivity contribution in [3.05, 3.63) is 23.8 Å². The van der Waals surface area contributed by atoms with Gasteiger partial charge in [0.15, 0.2) is 0 Å². The smallest absolute Gasteiger partial charge is 0.410 e. The minimum absolute atomic E-state index is 0.338. The van der Waals surface area contributed by atoms with Crippen molar-refractivity contribution in [3.8, 4) is 5.75 Å². The van der Waals surface area contributed by atoms with Gasteiger partial charge in [-0.1, -0.05) is 6.07 Å². The van der Waals surface area contributed by atoms with Crippen LogP contribution in [0, 0.1) is 0 Å². The number of rotatable bonds is 2.